The van der Waals surface area contributed by atoms with E-state index in [2.05, 4.69) is 0 Å². The summed E-state index contributed by atoms with van der Waals surface area (Å²) in [5.41, 5.74) is 1.68. The minimum Gasteiger partial charge on any atom is -0.266 e. The molecule has 0 aliphatic carbocycles. The lowest BCUT2D eigenvalue weighted by molar-refractivity contribution is 0.586. The number of aryl methyl sites for hydroxylation is 1. The number of fused-ring (bicyclic) bond motifs is 1. The molecule has 0 radical (unpaired) electrons. The van der Waals surface area contributed by atoms with E-state index in [0.717, 1.165) is 18.4 Å². The highest BCUT2D eigenvalue weighted by Gasteiger charge is 2.32. The van der Waals surface area contributed by atoms with Crippen molar-refractivity contribution < 1.29 is 8.42 Å². The van der Waals surface area contributed by atoms with Crippen molar-refractivity contribution in [2.24, 2.45) is 0 Å². The third kappa shape index (κ3) is 2.69. The van der Waals surface area contributed by atoms with Crippen LogP contribution in [0.15, 0.2) is 41.3 Å². The van der Waals surface area contributed by atoms with Crippen LogP contribution in [0.4, 0.5) is 5.69 Å². The number of benzene rings is 2. The van der Waals surface area contributed by atoms with Crippen LogP contribution in [0.2, 0.25) is 15.1 Å². The quantitative estimate of drug-likeness (QED) is 0.756. The van der Waals surface area contributed by atoms with Gasteiger partial charge in [-0.1, -0.05) is 53.0 Å². The van der Waals surface area contributed by atoms with Gasteiger partial charge < -0.3 is 0 Å². The minimum absolute atomic E-state index is 0.0283. The molecule has 0 saturated carbocycles. The molecule has 0 saturated heterocycles. The summed E-state index contributed by atoms with van der Waals surface area (Å²) in [4.78, 5) is -0.100. The Morgan fingerprint density at radius 1 is 1.00 bits per heavy atom. The summed E-state index contributed by atoms with van der Waals surface area (Å²) in [6.07, 6.45) is 1.60. The second-order valence-electron chi connectivity index (χ2n) is 5.01. The Morgan fingerprint density at radius 2 is 1.64 bits per heavy atom. The van der Waals surface area contributed by atoms with Gasteiger partial charge in [0.15, 0.2) is 0 Å². The van der Waals surface area contributed by atoms with E-state index in [1.54, 1.807) is 6.07 Å². The monoisotopic (exact) mass is 375 g/mol. The summed E-state index contributed by atoms with van der Waals surface area (Å²) in [5, 5.41) is 0.356. The maximum atomic E-state index is 13.0. The highest BCUT2D eigenvalue weighted by molar-refractivity contribution is 7.93. The Labute approximate surface area is 144 Å². The van der Waals surface area contributed by atoms with E-state index < -0.39 is 10.0 Å². The third-order valence-electron chi connectivity index (χ3n) is 3.58. The van der Waals surface area contributed by atoms with E-state index in [1.165, 1.54) is 16.4 Å². The molecule has 22 heavy (non-hydrogen) atoms. The zero-order valence-corrected chi connectivity index (χ0v) is 14.5. The Balaban J connectivity index is 2.17. The van der Waals surface area contributed by atoms with Gasteiger partial charge in [-0.3, -0.25) is 4.31 Å². The van der Waals surface area contributed by atoms with Gasteiger partial charge in [-0.05, 0) is 36.6 Å². The lowest BCUT2D eigenvalue weighted by atomic mass is 10.0. The molecule has 1 aliphatic rings. The number of anilines is 1. The Bertz CT molecular complexity index is 813. The number of sulfonamides is 1. The molecule has 1 heterocycles. The maximum Gasteiger partial charge on any atom is 0.267 e. The van der Waals surface area contributed by atoms with Gasteiger partial charge in [-0.2, -0.15) is 0 Å². The summed E-state index contributed by atoms with van der Waals surface area (Å²) in [7, 11) is -3.84. The SMILES string of the molecule is O=S(=O)(c1c(Cl)cc(Cl)cc1Cl)N1CCCc2ccccc21. The first kappa shape index (κ1) is 15.9. The molecule has 3 nitrogen and oxygen atoms in total. The van der Waals surface area contributed by atoms with Gasteiger partial charge >= 0.3 is 0 Å². The molecule has 0 amide bonds. The molecule has 0 aromatic heterocycles. The summed E-state index contributed by atoms with van der Waals surface area (Å²) in [6.45, 7) is 0.397. The van der Waals surface area contributed by atoms with Crippen molar-refractivity contribution in [2.45, 2.75) is 17.7 Å². The minimum atomic E-state index is -3.84. The molecule has 0 N–H and O–H groups in total. The van der Waals surface area contributed by atoms with Crippen LogP contribution < -0.4 is 4.31 Å². The highest BCUT2D eigenvalue weighted by Crippen LogP contribution is 2.38. The van der Waals surface area contributed by atoms with Crippen molar-refractivity contribution in [2.75, 3.05) is 10.8 Å². The molecule has 7 heteroatoms. The summed E-state index contributed by atoms with van der Waals surface area (Å²) in [6, 6.07) is 10.2. The molecule has 116 valence electrons. The molecule has 0 bridgehead atoms. The zero-order valence-electron chi connectivity index (χ0n) is 11.4. The smallest absolute Gasteiger partial charge is 0.266 e. The Kier molecular flexibility index (Phi) is 4.29. The van der Waals surface area contributed by atoms with E-state index in [1.807, 2.05) is 18.2 Å². The van der Waals surface area contributed by atoms with Gasteiger partial charge in [0.1, 0.15) is 4.90 Å². The van der Waals surface area contributed by atoms with Gasteiger partial charge in [-0.25, -0.2) is 8.42 Å². The third-order valence-corrected chi connectivity index (χ3v) is 6.53. The normalized spacial score (nSPS) is 14.8. The van der Waals surface area contributed by atoms with Crippen molar-refractivity contribution in [3.8, 4) is 0 Å². The van der Waals surface area contributed by atoms with Gasteiger partial charge in [0.2, 0.25) is 0 Å². The summed E-state index contributed by atoms with van der Waals surface area (Å²) in [5.74, 6) is 0. The number of rotatable bonds is 2. The molecule has 2 aromatic carbocycles. The fourth-order valence-corrected chi connectivity index (χ4v) is 5.67. The number of halogens is 3. The Hall–Kier alpha value is -0.940. The lowest BCUT2D eigenvalue weighted by Crippen LogP contribution is -2.35. The second kappa shape index (κ2) is 5.93. The van der Waals surface area contributed by atoms with Crippen molar-refractivity contribution >= 4 is 50.5 Å². The maximum absolute atomic E-state index is 13.0. The van der Waals surface area contributed by atoms with E-state index in [-0.39, 0.29) is 14.9 Å². The topological polar surface area (TPSA) is 37.4 Å². The van der Waals surface area contributed by atoms with Crippen molar-refractivity contribution in [1.29, 1.82) is 0 Å². The molecule has 0 fully saturated rings. The molecule has 0 unspecified atom stereocenters. The summed E-state index contributed by atoms with van der Waals surface area (Å²) < 4.78 is 27.4. The van der Waals surface area contributed by atoms with E-state index >= 15 is 0 Å². The lowest BCUT2D eigenvalue weighted by Gasteiger charge is -2.31. The first-order chi connectivity index (χ1) is 10.4. The van der Waals surface area contributed by atoms with Crippen molar-refractivity contribution in [3.05, 3.63) is 57.0 Å². The highest BCUT2D eigenvalue weighted by atomic mass is 35.5. The average Bonchev–Trinajstić information content (AvgIpc) is 2.45. The second-order valence-corrected chi connectivity index (χ2v) is 8.06. The van der Waals surface area contributed by atoms with Crippen LogP contribution >= 0.6 is 34.8 Å². The van der Waals surface area contributed by atoms with Gasteiger partial charge in [0.05, 0.1) is 15.7 Å². The molecule has 1 aliphatic heterocycles. The summed E-state index contributed by atoms with van der Waals surface area (Å²) >= 11 is 18.0. The fraction of sp³-hybridized carbons (Fsp3) is 0.200. The standard InChI is InChI=1S/C15H12Cl3NO2S/c16-11-8-12(17)15(13(18)9-11)22(20,21)19-7-3-5-10-4-1-2-6-14(10)19/h1-2,4,6,8-9H,3,5,7H2. The van der Waals surface area contributed by atoms with Gasteiger partial charge in [0.25, 0.3) is 10.0 Å². The van der Waals surface area contributed by atoms with Crippen LogP contribution in [0.5, 0.6) is 0 Å². The largest absolute Gasteiger partial charge is 0.267 e. The number of para-hydroxylation sites is 1. The molecule has 3 rings (SSSR count). The predicted octanol–water partition coefficient (Wildman–Crippen LogP) is 4.79. The number of nitrogens with zero attached hydrogens (tertiary/aromatic N) is 1. The van der Waals surface area contributed by atoms with Crippen LogP contribution in [0.25, 0.3) is 0 Å². The number of hydrogen-bond donors (Lipinski definition) is 0. The molecule has 2 aromatic rings. The van der Waals surface area contributed by atoms with Crippen LogP contribution in [0.3, 0.4) is 0 Å². The Morgan fingerprint density at radius 3 is 2.32 bits per heavy atom. The van der Waals surface area contributed by atoms with E-state index in [0.29, 0.717) is 17.3 Å². The van der Waals surface area contributed by atoms with Crippen LogP contribution in [0, 0.1) is 0 Å². The van der Waals surface area contributed by atoms with E-state index in [9.17, 15) is 8.42 Å². The first-order valence-electron chi connectivity index (χ1n) is 6.66. The van der Waals surface area contributed by atoms with Crippen LogP contribution in [-0.2, 0) is 16.4 Å². The van der Waals surface area contributed by atoms with Crippen molar-refractivity contribution in [3.63, 3.8) is 0 Å². The van der Waals surface area contributed by atoms with Crippen LogP contribution in [-0.4, -0.2) is 15.0 Å². The van der Waals surface area contributed by atoms with Crippen molar-refractivity contribution in [1.82, 2.24) is 0 Å². The molecular formula is C15H12Cl3NO2S. The average molecular weight is 377 g/mol. The molecule has 0 spiro atoms. The fourth-order valence-electron chi connectivity index (χ4n) is 2.63. The van der Waals surface area contributed by atoms with Gasteiger partial charge in [0, 0.05) is 11.6 Å². The number of hydrogen-bond acceptors (Lipinski definition) is 2. The van der Waals surface area contributed by atoms with E-state index in [4.69, 9.17) is 34.8 Å². The molecular weight excluding hydrogens is 365 g/mol. The molecule has 0 atom stereocenters. The predicted molar refractivity (Wildman–Crippen MR) is 90.8 cm³/mol. The first-order valence-corrected chi connectivity index (χ1v) is 9.24. The van der Waals surface area contributed by atoms with Crippen LogP contribution in [0.1, 0.15) is 12.0 Å². The van der Waals surface area contributed by atoms with Gasteiger partial charge in [-0.15, -0.1) is 0 Å². The zero-order chi connectivity index (χ0) is 15.9.